The second kappa shape index (κ2) is 7.24. The monoisotopic (exact) mass is 332 g/mol. The molecule has 5 nitrogen and oxygen atoms in total. The van der Waals surface area contributed by atoms with E-state index >= 15 is 0 Å². The topological polar surface area (TPSA) is 49.9 Å². The van der Waals surface area contributed by atoms with Crippen LogP contribution >= 0.6 is 0 Å². The van der Waals surface area contributed by atoms with E-state index in [1.54, 1.807) is 4.90 Å². The number of aryl methyl sites for hydroxylation is 1. The third kappa shape index (κ3) is 4.28. The summed E-state index contributed by atoms with van der Waals surface area (Å²) in [6.07, 6.45) is 0. The zero-order chi connectivity index (χ0) is 17.9. The van der Waals surface area contributed by atoms with Crippen molar-refractivity contribution in [2.45, 2.75) is 34.6 Å². The van der Waals surface area contributed by atoms with Crippen LogP contribution in [0.3, 0.4) is 0 Å². The van der Waals surface area contributed by atoms with Gasteiger partial charge in [-0.2, -0.15) is 0 Å². The Morgan fingerprint density at radius 3 is 2.21 bits per heavy atom. The third-order valence-corrected chi connectivity index (χ3v) is 4.47. The van der Waals surface area contributed by atoms with Gasteiger partial charge in [0.1, 0.15) is 5.75 Å². The molecule has 1 heterocycles. The molecule has 0 atom stereocenters. The summed E-state index contributed by atoms with van der Waals surface area (Å²) in [5.41, 5.74) is 1.83. The van der Waals surface area contributed by atoms with Gasteiger partial charge in [0.2, 0.25) is 5.91 Å². The number of hydrogen-bond donors (Lipinski definition) is 0. The summed E-state index contributed by atoms with van der Waals surface area (Å²) in [6, 6.07) is 5.84. The van der Waals surface area contributed by atoms with Crippen molar-refractivity contribution in [3.8, 4) is 5.75 Å². The Kier molecular flexibility index (Phi) is 5.52. The van der Waals surface area contributed by atoms with Gasteiger partial charge in [0.25, 0.3) is 5.91 Å². The molecule has 0 unspecified atom stereocenters. The molecule has 1 aromatic carbocycles. The van der Waals surface area contributed by atoms with Gasteiger partial charge in [-0.25, -0.2) is 0 Å². The second-order valence-electron chi connectivity index (χ2n) is 7.41. The maximum Gasteiger partial charge on any atom is 0.260 e. The summed E-state index contributed by atoms with van der Waals surface area (Å²) in [5.74, 6) is 0.866. The second-order valence-corrected chi connectivity index (χ2v) is 7.41. The Morgan fingerprint density at radius 1 is 1.04 bits per heavy atom. The molecule has 0 spiro atoms. The van der Waals surface area contributed by atoms with E-state index in [0.717, 1.165) is 16.9 Å². The van der Waals surface area contributed by atoms with E-state index in [9.17, 15) is 9.59 Å². The predicted molar refractivity (Wildman–Crippen MR) is 94.0 cm³/mol. The van der Waals surface area contributed by atoms with Crippen LogP contribution < -0.4 is 4.74 Å². The number of amides is 2. The molecule has 0 aliphatic carbocycles. The molecule has 0 radical (unpaired) electrons. The highest BCUT2D eigenvalue weighted by atomic mass is 16.5. The zero-order valence-corrected chi connectivity index (χ0v) is 15.4. The molecule has 0 aromatic heterocycles. The van der Waals surface area contributed by atoms with Crippen LogP contribution in [0.4, 0.5) is 0 Å². The first-order valence-electron chi connectivity index (χ1n) is 8.46. The molecule has 0 bridgehead atoms. The van der Waals surface area contributed by atoms with Gasteiger partial charge >= 0.3 is 0 Å². The van der Waals surface area contributed by atoms with Crippen LogP contribution in [0, 0.1) is 19.3 Å². The maximum atomic E-state index is 12.3. The van der Waals surface area contributed by atoms with Gasteiger partial charge in [-0.3, -0.25) is 9.59 Å². The SMILES string of the molecule is Cc1cccc(OCC(=O)N2CCN(C(=O)C(C)(C)C)CC2)c1C. The smallest absolute Gasteiger partial charge is 0.260 e. The van der Waals surface area contributed by atoms with Gasteiger partial charge in [0.05, 0.1) is 0 Å². The molecular formula is C19H28N2O3. The van der Waals surface area contributed by atoms with Crippen molar-refractivity contribution < 1.29 is 14.3 Å². The quantitative estimate of drug-likeness (QED) is 0.854. The molecule has 1 aromatic rings. The molecule has 1 saturated heterocycles. The summed E-state index contributed by atoms with van der Waals surface area (Å²) in [4.78, 5) is 28.2. The van der Waals surface area contributed by atoms with E-state index < -0.39 is 0 Å². The molecule has 24 heavy (non-hydrogen) atoms. The standard InChI is InChI=1S/C19H28N2O3/c1-14-7-6-8-16(15(14)2)24-13-17(22)20-9-11-21(12-10-20)18(23)19(3,4)5/h6-8H,9-13H2,1-5H3. The van der Waals surface area contributed by atoms with Crippen molar-refractivity contribution in [3.05, 3.63) is 29.3 Å². The Balaban J connectivity index is 1.85. The fourth-order valence-corrected chi connectivity index (χ4v) is 2.74. The number of rotatable bonds is 3. The van der Waals surface area contributed by atoms with E-state index in [2.05, 4.69) is 0 Å². The van der Waals surface area contributed by atoms with Crippen LogP contribution in [0.1, 0.15) is 31.9 Å². The van der Waals surface area contributed by atoms with Gasteiger partial charge < -0.3 is 14.5 Å². The van der Waals surface area contributed by atoms with Crippen LogP contribution in [-0.2, 0) is 9.59 Å². The van der Waals surface area contributed by atoms with E-state index in [4.69, 9.17) is 4.74 Å². The van der Waals surface area contributed by atoms with Crippen molar-refractivity contribution in [2.24, 2.45) is 5.41 Å². The highest BCUT2D eigenvalue weighted by Gasteiger charge is 2.30. The highest BCUT2D eigenvalue weighted by Crippen LogP contribution is 2.21. The zero-order valence-electron chi connectivity index (χ0n) is 15.4. The number of nitrogens with zero attached hydrogens (tertiary/aromatic N) is 2. The molecule has 1 aliphatic heterocycles. The van der Waals surface area contributed by atoms with Crippen LogP contribution in [0.15, 0.2) is 18.2 Å². The van der Waals surface area contributed by atoms with Gasteiger partial charge in [0.15, 0.2) is 6.61 Å². The molecule has 2 rings (SSSR count). The number of benzene rings is 1. The van der Waals surface area contributed by atoms with Crippen LogP contribution in [0.5, 0.6) is 5.75 Å². The van der Waals surface area contributed by atoms with E-state index in [0.29, 0.717) is 26.2 Å². The van der Waals surface area contributed by atoms with E-state index in [-0.39, 0.29) is 23.8 Å². The third-order valence-electron chi connectivity index (χ3n) is 4.47. The Morgan fingerprint density at radius 2 is 1.62 bits per heavy atom. The van der Waals surface area contributed by atoms with Gasteiger partial charge in [-0.05, 0) is 31.0 Å². The van der Waals surface area contributed by atoms with Crippen LogP contribution in [-0.4, -0.2) is 54.4 Å². The summed E-state index contributed by atoms with van der Waals surface area (Å²) in [7, 11) is 0. The van der Waals surface area contributed by atoms with Crippen molar-refractivity contribution in [1.82, 2.24) is 9.80 Å². The normalized spacial score (nSPS) is 15.4. The summed E-state index contributed by atoms with van der Waals surface area (Å²) < 4.78 is 5.69. The Hall–Kier alpha value is -2.04. The van der Waals surface area contributed by atoms with Gasteiger partial charge in [-0.1, -0.05) is 32.9 Å². The van der Waals surface area contributed by atoms with Crippen molar-refractivity contribution in [2.75, 3.05) is 32.8 Å². The number of carbonyl (C=O) groups excluding carboxylic acids is 2. The first kappa shape index (κ1) is 18.3. The lowest BCUT2D eigenvalue weighted by Gasteiger charge is -2.37. The number of ether oxygens (including phenoxy) is 1. The average Bonchev–Trinajstić information content (AvgIpc) is 2.54. The molecule has 2 amide bonds. The van der Waals surface area contributed by atoms with Crippen LogP contribution in [0.25, 0.3) is 0 Å². The van der Waals surface area contributed by atoms with Crippen molar-refractivity contribution in [3.63, 3.8) is 0 Å². The van der Waals surface area contributed by atoms with Gasteiger partial charge in [-0.15, -0.1) is 0 Å². The first-order chi connectivity index (χ1) is 11.2. The molecular weight excluding hydrogens is 304 g/mol. The van der Waals surface area contributed by atoms with Crippen molar-refractivity contribution in [1.29, 1.82) is 0 Å². The molecule has 0 N–H and O–H groups in total. The minimum atomic E-state index is -0.377. The largest absolute Gasteiger partial charge is 0.483 e. The van der Waals surface area contributed by atoms with Crippen molar-refractivity contribution >= 4 is 11.8 Å². The van der Waals surface area contributed by atoms with E-state index in [1.165, 1.54) is 0 Å². The lowest BCUT2D eigenvalue weighted by molar-refractivity contribution is -0.145. The molecule has 1 aliphatic rings. The number of piperazine rings is 1. The maximum absolute atomic E-state index is 12.3. The minimum Gasteiger partial charge on any atom is -0.483 e. The lowest BCUT2D eigenvalue weighted by Crippen LogP contribution is -2.53. The average molecular weight is 332 g/mol. The lowest BCUT2D eigenvalue weighted by atomic mass is 9.94. The summed E-state index contributed by atoms with van der Waals surface area (Å²) in [5, 5.41) is 0. The van der Waals surface area contributed by atoms with E-state index in [1.807, 2.05) is 57.7 Å². The minimum absolute atomic E-state index is 0.0289. The molecule has 132 valence electrons. The number of carbonyl (C=O) groups is 2. The summed E-state index contributed by atoms with van der Waals surface area (Å²) >= 11 is 0. The van der Waals surface area contributed by atoms with Crippen LogP contribution in [0.2, 0.25) is 0 Å². The molecule has 5 heteroatoms. The highest BCUT2D eigenvalue weighted by molar-refractivity contribution is 5.82. The fourth-order valence-electron chi connectivity index (χ4n) is 2.74. The molecule has 1 fully saturated rings. The fraction of sp³-hybridized carbons (Fsp3) is 0.579. The predicted octanol–water partition coefficient (Wildman–Crippen LogP) is 2.40. The first-order valence-corrected chi connectivity index (χ1v) is 8.46. The summed E-state index contributed by atoms with van der Waals surface area (Å²) in [6.45, 7) is 12.1. The Labute approximate surface area is 144 Å². The Bertz CT molecular complexity index is 612. The molecule has 0 saturated carbocycles. The number of hydrogen-bond acceptors (Lipinski definition) is 3. The van der Waals surface area contributed by atoms with Gasteiger partial charge in [0, 0.05) is 31.6 Å².